The van der Waals surface area contributed by atoms with Crippen LogP contribution in [-0.2, 0) is 6.54 Å². The maximum absolute atomic E-state index is 5.58. The molecule has 2 heterocycles. The molecule has 2 rings (SSSR count). The van der Waals surface area contributed by atoms with Crippen LogP contribution in [0.25, 0.3) is 11.5 Å². The lowest BCUT2D eigenvalue weighted by molar-refractivity contribution is 0.390. The third-order valence-electron chi connectivity index (χ3n) is 2.05. The first-order valence-electron chi connectivity index (χ1n) is 4.31. The molecule has 0 aromatic carbocycles. The van der Waals surface area contributed by atoms with Crippen LogP contribution < -0.4 is 5.73 Å². The Morgan fingerprint density at radius 2 is 2.07 bits per heavy atom. The summed E-state index contributed by atoms with van der Waals surface area (Å²) in [6.07, 6.45) is 0. The Morgan fingerprint density at radius 3 is 2.64 bits per heavy atom. The summed E-state index contributed by atoms with van der Waals surface area (Å²) in [5.74, 6) is 1.33. The maximum Gasteiger partial charge on any atom is 0.193 e. The quantitative estimate of drug-likeness (QED) is 0.780. The van der Waals surface area contributed by atoms with Gasteiger partial charge in [0.25, 0.3) is 0 Å². The van der Waals surface area contributed by atoms with E-state index in [9.17, 15) is 0 Å². The van der Waals surface area contributed by atoms with Gasteiger partial charge < -0.3 is 14.8 Å². The van der Waals surface area contributed by atoms with Gasteiger partial charge in [0, 0.05) is 18.2 Å². The number of aryl methyl sites for hydroxylation is 2. The molecule has 5 heteroatoms. The molecule has 74 valence electrons. The second-order valence-corrected chi connectivity index (χ2v) is 3.10. The van der Waals surface area contributed by atoms with Gasteiger partial charge in [-0.05, 0) is 13.8 Å². The topological polar surface area (TPSA) is 78.1 Å². The zero-order valence-electron chi connectivity index (χ0n) is 8.07. The lowest BCUT2D eigenvalue weighted by Crippen LogP contribution is -1.98. The van der Waals surface area contributed by atoms with Crippen LogP contribution in [0.4, 0.5) is 0 Å². The van der Waals surface area contributed by atoms with Gasteiger partial charge >= 0.3 is 0 Å². The Kier molecular flexibility index (Phi) is 2.09. The summed E-state index contributed by atoms with van der Waals surface area (Å²) in [7, 11) is 0. The average molecular weight is 193 g/mol. The second-order valence-electron chi connectivity index (χ2n) is 3.10. The van der Waals surface area contributed by atoms with E-state index in [0.717, 1.165) is 17.0 Å². The fourth-order valence-electron chi connectivity index (χ4n) is 1.30. The minimum absolute atomic E-state index is 0.385. The van der Waals surface area contributed by atoms with Gasteiger partial charge in [0.2, 0.25) is 0 Å². The summed E-state index contributed by atoms with van der Waals surface area (Å²) in [6, 6.07) is 1.79. The molecule has 0 spiro atoms. The van der Waals surface area contributed by atoms with Crippen molar-refractivity contribution in [3.8, 4) is 11.5 Å². The summed E-state index contributed by atoms with van der Waals surface area (Å²) in [6.45, 7) is 4.06. The standard InChI is InChI=1S/C9H11N3O2/c1-5-3-8(12-13-5)9-7(4-10)6(2)11-14-9/h3H,4,10H2,1-2H3. The van der Waals surface area contributed by atoms with Crippen LogP contribution in [0.5, 0.6) is 0 Å². The molecule has 14 heavy (non-hydrogen) atoms. The molecule has 0 bridgehead atoms. The van der Waals surface area contributed by atoms with Crippen LogP contribution in [-0.4, -0.2) is 10.3 Å². The first-order chi connectivity index (χ1) is 6.72. The van der Waals surface area contributed by atoms with E-state index < -0.39 is 0 Å². The van der Waals surface area contributed by atoms with E-state index in [1.54, 1.807) is 6.07 Å². The predicted octanol–water partition coefficient (Wildman–Crippen LogP) is 1.41. The average Bonchev–Trinajstić information content (AvgIpc) is 2.71. The maximum atomic E-state index is 5.58. The van der Waals surface area contributed by atoms with Crippen molar-refractivity contribution < 1.29 is 9.05 Å². The van der Waals surface area contributed by atoms with Gasteiger partial charge in [-0.2, -0.15) is 0 Å². The fraction of sp³-hybridized carbons (Fsp3) is 0.333. The van der Waals surface area contributed by atoms with E-state index in [4.69, 9.17) is 14.8 Å². The van der Waals surface area contributed by atoms with Gasteiger partial charge in [-0.25, -0.2) is 0 Å². The van der Waals surface area contributed by atoms with Gasteiger partial charge in [-0.1, -0.05) is 10.3 Å². The van der Waals surface area contributed by atoms with E-state index in [2.05, 4.69) is 10.3 Å². The molecule has 2 N–H and O–H groups in total. The Labute approximate surface area is 80.9 Å². The third kappa shape index (κ3) is 1.31. The third-order valence-corrected chi connectivity index (χ3v) is 2.05. The van der Waals surface area contributed by atoms with Crippen molar-refractivity contribution >= 4 is 0 Å². The molecule has 0 saturated carbocycles. The monoisotopic (exact) mass is 193 g/mol. The Balaban J connectivity index is 2.51. The summed E-state index contributed by atoms with van der Waals surface area (Å²) in [5.41, 5.74) is 7.89. The predicted molar refractivity (Wildman–Crippen MR) is 49.4 cm³/mol. The lowest BCUT2D eigenvalue weighted by Gasteiger charge is -1.92. The van der Waals surface area contributed by atoms with Crippen LogP contribution in [0, 0.1) is 13.8 Å². The van der Waals surface area contributed by atoms with Crippen molar-refractivity contribution in [3.05, 3.63) is 23.1 Å². The minimum Gasteiger partial charge on any atom is -0.361 e. The van der Waals surface area contributed by atoms with Gasteiger partial charge in [0.1, 0.15) is 5.76 Å². The van der Waals surface area contributed by atoms with Crippen LogP contribution in [0.1, 0.15) is 17.0 Å². The van der Waals surface area contributed by atoms with Crippen molar-refractivity contribution in [2.24, 2.45) is 5.73 Å². The highest BCUT2D eigenvalue weighted by atomic mass is 16.5. The number of rotatable bonds is 2. The number of hydrogen-bond donors (Lipinski definition) is 1. The minimum atomic E-state index is 0.385. The van der Waals surface area contributed by atoms with Crippen molar-refractivity contribution in [3.63, 3.8) is 0 Å². The van der Waals surface area contributed by atoms with Crippen molar-refractivity contribution in [2.45, 2.75) is 20.4 Å². The summed E-state index contributed by atoms with van der Waals surface area (Å²) >= 11 is 0. The lowest BCUT2D eigenvalue weighted by atomic mass is 10.1. The van der Waals surface area contributed by atoms with Crippen LogP contribution in [0.15, 0.2) is 15.1 Å². The largest absolute Gasteiger partial charge is 0.361 e. The zero-order valence-corrected chi connectivity index (χ0v) is 8.07. The van der Waals surface area contributed by atoms with Crippen LogP contribution in [0.3, 0.4) is 0 Å². The first kappa shape index (κ1) is 8.96. The molecule has 0 radical (unpaired) electrons. The molecule has 2 aromatic heterocycles. The highest BCUT2D eigenvalue weighted by Crippen LogP contribution is 2.24. The van der Waals surface area contributed by atoms with Crippen molar-refractivity contribution in [1.29, 1.82) is 0 Å². The molecule has 0 unspecified atom stereocenters. The second kappa shape index (κ2) is 3.26. The first-order valence-corrected chi connectivity index (χ1v) is 4.31. The van der Waals surface area contributed by atoms with Gasteiger partial charge in [0.15, 0.2) is 11.5 Å². The van der Waals surface area contributed by atoms with Gasteiger partial charge in [-0.15, -0.1) is 0 Å². The molecule has 2 aromatic rings. The van der Waals surface area contributed by atoms with Crippen molar-refractivity contribution in [2.75, 3.05) is 0 Å². The zero-order chi connectivity index (χ0) is 10.1. The molecule has 0 aliphatic carbocycles. The summed E-state index contributed by atoms with van der Waals surface area (Å²) in [4.78, 5) is 0. The molecule has 5 nitrogen and oxygen atoms in total. The van der Waals surface area contributed by atoms with Crippen LogP contribution in [0.2, 0.25) is 0 Å². The molecule has 0 saturated heterocycles. The number of aromatic nitrogens is 2. The van der Waals surface area contributed by atoms with E-state index >= 15 is 0 Å². The van der Waals surface area contributed by atoms with Crippen molar-refractivity contribution in [1.82, 2.24) is 10.3 Å². The molecular weight excluding hydrogens is 182 g/mol. The number of nitrogens with zero attached hydrogens (tertiary/aromatic N) is 2. The summed E-state index contributed by atoms with van der Waals surface area (Å²) < 4.78 is 10.1. The number of hydrogen-bond acceptors (Lipinski definition) is 5. The Hall–Kier alpha value is -1.62. The van der Waals surface area contributed by atoms with E-state index in [1.807, 2.05) is 13.8 Å². The van der Waals surface area contributed by atoms with Gasteiger partial charge in [0.05, 0.1) is 5.69 Å². The SMILES string of the molecule is Cc1cc(-c2onc(C)c2CN)no1. The summed E-state index contributed by atoms with van der Waals surface area (Å²) in [5, 5.41) is 7.68. The Morgan fingerprint density at radius 1 is 1.29 bits per heavy atom. The van der Waals surface area contributed by atoms with Gasteiger partial charge in [-0.3, -0.25) is 0 Å². The number of nitrogens with two attached hydrogens (primary N) is 1. The van der Waals surface area contributed by atoms with Crippen LogP contribution >= 0.6 is 0 Å². The highest BCUT2D eigenvalue weighted by molar-refractivity contribution is 5.57. The normalized spacial score (nSPS) is 10.8. The molecular formula is C9H11N3O2. The van der Waals surface area contributed by atoms with E-state index in [-0.39, 0.29) is 0 Å². The van der Waals surface area contributed by atoms with E-state index in [0.29, 0.717) is 18.0 Å². The molecule has 0 atom stereocenters. The molecule has 0 amide bonds. The Bertz CT molecular complexity index is 445. The smallest absolute Gasteiger partial charge is 0.193 e. The fourth-order valence-corrected chi connectivity index (χ4v) is 1.30. The molecule has 0 aliphatic rings. The van der Waals surface area contributed by atoms with E-state index in [1.165, 1.54) is 0 Å². The highest BCUT2D eigenvalue weighted by Gasteiger charge is 2.16. The molecule has 0 fully saturated rings. The molecule has 0 aliphatic heterocycles.